The lowest BCUT2D eigenvalue weighted by Crippen LogP contribution is -2.28. The molecule has 1 aliphatic carbocycles. The second-order valence-electron chi connectivity index (χ2n) is 4.53. The molecule has 0 saturated heterocycles. The van der Waals surface area contributed by atoms with Crippen molar-refractivity contribution in [2.24, 2.45) is 0 Å². The normalized spacial score (nSPS) is 13.6. The fraction of sp³-hybridized carbons (Fsp3) is 0.0556. The third-order valence-corrected chi connectivity index (χ3v) is 3.37. The van der Waals surface area contributed by atoms with Crippen LogP contribution in [0.15, 0.2) is 90.2 Å². The first-order valence-electron chi connectivity index (χ1n) is 6.29. The predicted octanol–water partition coefficient (Wildman–Crippen LogP) is 3.57. The van der Waals surface area contributed by atoms with Crippen LogP contribution < -0.4 is 0 Å². The van der Waals surface area contributed by atoms with E-state index in [0.29, 0.717) is 0 Å². The summed E-state index contributed by atoms with van der Waals surface area (Å²) in [6.07, 6.45) is 5.62. The zero-order chi connectivity index (χ0) is 13.1. The molecule has 2 aromatic rings. The number of hydrogen-bond acceptors (Lipinski definition) is 1. The first-order valence-corrected chi connectivity index (χ1v) is 6.29. The quantitative estimate of drug-likeness (QED) is 0.821. The molecule has 1 heteroatoms. The van der Waals surface area contributed by atoms with Gasteiger partial charge in [-0.05, 0) is 23.3 Å². The third kappa shape index (κ3) is 1.96. The average molecular weight is 246 g/mol. The Hall–Kier alpha value is -2.34. The van der Waals surface area contributed by atoms with Crippen molar-refractivity contribution >= 4 is 0 Å². The van der Waals surface area contributed by atoms with Crippen molar-refractivity contribution in [2.75, 3.05) is 0 Å². The van der Waals surface area contributed by atoms with Gasteiger partial charge in [0.05, 0.1) is 0 Å². The fourth-order valence-electron chi connectivity index (χ4n) is 2.39. The fourth-order valence-corrected chi connectivity index (χ4v) is 2.39. The van der Waals surface area contributed by atoms with E-state index in [1.165, 1.54) is 0 Å². The van der Waals surface area contributed by atoms with Gasteiger partial charge in [0.25, 0.3) is 0 Å². The molecule has 0 aromatic heterocycles. The lowest BCUT2D eigenvalue weighted by molar-refractivity contribution is 0.125. The van der Waals surface area contributed by atoms with E-state index >= 15 is 0 Å². The van der Waals surface area contributed by atoms with Gasteiger partial charge >= 0.3 is 0 Å². The summed E-state index contributed by atoms with van der Waals surface area (Å²) in [5.41, 5.74) is 4.45. The summed E-state index contributed by atoms with van der Waals surface area (Å²) in [5.74, 6) is 0. The van der Waals surface area contributed by atoms with Crippen molar-refractivity contribution in [3.8, 4) is 0 Å². The maximum absolute atomic E-state index is 11.3. The molecule has 1 nitrogen and oxygen atoms in total. The lowest BCUT2D eigenvalue weighted by atomic mass is 9.81. The highest BCUT2D eigenvalue weighted by Crippen LogP contribution is 2.37. The number of benzene rings is 2. The molecule has 0 bridgehead atoms. The van der Waals surface area contributed by atoms with Gasteiger partial charge in [-0.15, -0.1) is 5.73 Å². The summed E-state index contributed by atoms with van der Waals surface area (Å²) in [4.78, 5) is 0. The minimum Gasteiger partial charge on any atom is -0.375 e. The third-order valence-electron chi connectivity index (χ3n) is 3.37. The van der Waals surface area contributed by atoms with Crippen LogP contribution in [0.3, 0.4) is 0 Å². The molecule has 0 radical (unpaired) electrons. The molecule has 0 saturated carbocycles. The van der Waals surface area contributed by atoms with Crippen molar-refractivity contribution < 1.29 is 5.11 Å². The minimum atomic E-state index is -1.15. The van der Waals surface area contributed by atoms with Gasteiger partial charge in [-0.1, -0.05) is 66.7 Å². The van der Waals surface area contributed by atoms with Gasteiger partial charge < -0.3 is 5.11 Å². The molecule has 0 unspecified atom stereocenters. The van der Waals surface area contributed by atoms with E-state index in [9.17, 15) is 5.11 Å². The van der Waals surface area contributed by atoms with Crippen molar-refractivity contribution in [2.45, 2.75) is 5.60 Å². The molecule has 0 heterocycles. The van der Waals surface area contributed by atoms with E-state index in [1.807, 2.05) is 78.9 Å². The van der Waals surface area contributed by atoms with Gasteiger partial charge in [-0.2, -0.15) is 0 Å². The average Bonchev–Trinajstić information content (AvgIpc) is 3.03. The van der Waals surface area contributed by atoms with Gasteiger partial charge in [0.1, 0.15) is 5.60 Å². The Morgan fingerprint density at radius 2 is 1.32 bits per heavy atom. The molecule has 0 aliphatic heterocycles. The Kier molecular flexibility index (Phi) is 2.92. The largest absolute Gasteiger partial charge is 0.375 e. The summed E-state index contributed by atoms with van der Waals surface area (Å²) in [5, 5.41) is 11.3. The van der Waals surface area contributed by atoms with Crippen LogP contribution >= 0.6 is 0 Å². The molecular weight excluding hydrogens is 232 g/mol. The number of hydrogen-bond donors (Lipinski definition) is 1. The van der Waals surface area contributed by atoms with Gasteiger partial charge in [-0.25, -0.2) is 0 Å². The van der Waals surface area contributed by atoms with Crippen LogP contribution in [0.4, 0.5) is 0 Å². The topological polar surface area (TPSA) is 20.2 Å². The Morgan fingerprint density at radius 3 is 1.74 bits per heavy atom. The highest BCUT2D eigenvalue weighted by atomic mass is 16.3. The smallest absolute Gasteiger partial charge is 0.147 e. The maximum Gasteiger partial charge on any atom is 0.147 e. The highest BCUT2D eigenvalue weighted by Gasteiger charge is 2.35. The molecule has 1 aliphatic rings. The summed E-state index contributed by atoms with van der Waals surface area (Å²) in [6, 6.07) is 19.4. The maximum atomic E-state index is 11.3. The first-order chi connectivity index (χ1) is 9.32. The van der Waals surface area contributed by atoms with Crippen molar-refractivity contribution in [1.82, 2.24) is 0 Å². The number of rotatable bonds is 3. The Balaban J connectivity index is 2.23. The number of aliphatic hydroxyl groups is 1. The molecule has 1 N–H and O–H groups in total. The van der Waals surface area contributed by atoms with Crippen LogP contribution in [-0.4, -0.2) is 5.11 Å². The van der Waals surface area contributed by atoms with Crippen LogP contribution in [0.25, 0.3) is 0 Å². The van der Waals surface area contributed by atoms with E-state index < -0.39 is 5.60 Å². The Labute approximate surface area is 112 Å². The van der Waals surface area contributed by atoms with E-state index in [4.69, 9.17) is 0 Å². The van der Waals surface area contributed by atoms with E-state index in [2.05, 4.69) is 5.73 Å². The van der Waals surface area contributed by atoms with Crippen LogP contribution in [0.5, 0.6) is 0 Å². The Bertz CT molecular complexity index is 620. The first kappa shape index (κ1) is 11.7. The summed E-state index contributed by atoms with van der Waals surface area (Å²) in [7, 11) is 0. The second kappa shape index (κ2) is 4.74. The van der Waals surface area contributed by atoms with Gasteiger partial charge in [-0.3, -0.25) is 0 Å². The van der Waals surface area contributed by atoms with Crippen molar-refractivity contribution in [3.63, 3.8) is 0 Å². The zero-order valence-corrected chi connectivity index (χ0v) is 10.5. The van der Waals surface area contributed by atoms with Crippen molar-refractivity contribution in [1.29, 1.82) is 0 Å². The van der Waals surface area contributed by atoms with E-state index in [1.54, 1.807) is 0 Å². The molecule has 19 heavy (non-hydrogen) atoms. The highest BCUT2D eigenvalue weighted by molar-refractivity contribution is 5.50. The molecule has 2 aromatic carbocycles. The SMILES string of the molecule is OC(C1=C=CC=C1)(c1ccccc1)c1ccccc1. The molecular formula is C18H14O. The molecule has 92 valence electrons. The molecule has 0 atom stereocenters. The standard InChI is InChI=1S/C18H14O/c19-18(17-13-7-8-14-17,15-9-3-1-4-10-15)16-11-5-2-6-12-16/h1-13,19H. The summed E-state index contributed by atoms with van der Waals surface area (Å²) < 4.78 is 0. The van der Waals surface area contributed by atoms with Gasteiger partial charge in [0, 0.05) is 5.57 Å². The van der Waals surface area contributed by atoms with Crippen molar-refractivity contribution in [3.05, 3.63) is 101 Å². The van der Waals surface area contributed by atoms with Crippen LogP contribution in [0.2, 0.25) is 0 Å². The Morgan fingerprint density at radius 1 is 0.789 bits per heavy atom. The van der Waals surface area contributed by atoms with Crippen LogP contribution in [0, 0.1) is 0 Å². The molecule has 0 amide bonds. The minimum absolute atomic E-state index is 0.768. The lowest BCUT2D eigenvalue weighted by Gasteiger charge is -2.29. The van der Waals surface area contributed by atoms with Gasteiger partial charge in [0.2, 0.25) is 0 Å². The zero-order valence-electron chi connectivity index (χ0n) is 10.5. The summed E-state index contributed by atoms with van der Waals surface area (Å²) >= 11 is 0. The second-order valence-corrected chi connectivity index (χ2v) is 4.53. The van der Waals surface area contributed by atoms with Crippen LogP contribution in [-0.2, 0) is 5.60 Å². The summed E-state index contributed by atoms with van der Waals surface area (Å²) in [6.45, 7) is 0. The van der Waals surface area contributed by atoms with Crippen LogP contribution in [0.1, 0.15) is 11.1 Å². The molecule has 0 spiro atoms. The van der Waals surface area contributed by atoms with Gasteiger partial charge in [0.15, 0.2) is 0 Å². The van der Waals surface area contributed by atoms with E-state index in [0.717, 1.165) is 16.7 Å². The van der Waals surface area contributed by atoms with E-state index in [-0.39, 0.29) is 0 Å². The predicted molar refractivity (Wildman–Crippen MR) is 76.6 cm³/mol. The monoisotopic (exact) mass is 246 g/mol. The number of allylic oxidation sites excluding steroid dienone is 1. The molecule has 0 fully saturated rings. The molecule has 3 rings (SSSR count).